The number of carbonyl (C=O) groups excluding carboxylic acids is 1. The van der Waals surface area contributed by atoms with E-state index in [0.717, 1.165) is 30.1 Å². The van der Waals surface area contributed by atoms with Crippen molar-refractivity contribution in [3.05, 3.63) is 94.3 Å². The molecule has 0 aromatic heterocycles. The van der Waals surface area contributed by atoms with Gasteiger partial charge in [-0.2, -0.15) is 11.8 Å². The smallest absolute Gasteiger partial charge is 0.408 e. The van der Waals surface area contributed by atoms with Crippen LogP contribution in [0.25, 0.3) is 0 Å². The molecule has 2 unspecified atom stereocenters. The Morgan fingerprint density at radius 2 is 1.66 bits per heavy atom. The number of hydrogen-bond donors (Lipinski definition) is 2. The summed E-state index contributed by atoms with van der Waals surface area (Å²) >= 11 is 8.35. The number of alkyl carbamates (subject to hydrolysis) is 1. The van der Waals surface area contributed by atoms with Gasteiger partial charge in [-0.25, -0.2) is 22.8 Å². The molecule has 2 N–H and O–H groups in total. The molecule has 0 aliphatic rings. The highest BCUT2D eigenvalue weighted by Crippen LogP contribution is 2.40. The minimum atomic E-state index is -1.25. The maximum atomic E-state index is 15.0. The Morgan fingerprint density at radius 3 is 2.29 bits per heavy atom. The second-order valence-electron chi connectivity index (χ2n) is 10.0. The van der Waals surface area contributed by atoms with Crippen molar-refractivity contribution in [2.75, 3.05) is 10.1 Å². The van der Waals surface area contributed by atoms with Gasteiger partial charge in [0, 0.05) is 27.5 Å². The fourth-order valence-corrected chi connectivity index (χ4v) is 5.92. The SMILES string of the molecule is CC(c1ccc(F)cc1CSCC(NC(=O)OC(C)(C)C)C(=O)O)N(Sc1ccc(Cl)cc1)c1cc(F)ccc1F. The van der Waals surface area contributed by atoms with Crippen LogP contribution in [-0.4, -0.2) is 34.6 Å². The van der Waals surface area contributed by atoms with Gasteiger partial charge in [0.25, 0.3) is 0 Å². The highest BCUT2D eigenvalue weighted by atomic mass is 35.5. The Balaban J connectivity index is 1.86. The van der Waals surface area contributed by atoms with Gasteiger partial charge in [0.05, 0.1) is 11.7 Å². The summed E-state index contributed by atoms with van der Waals surface area (Å²) in [5.74, 6) is -2.86. The number of carbonyl (C=O) groups is 2. The van der Waals surface area contributed by atoms with Crippen LogP contribution in [-0.2, 0) is 15.3 Å². The van der Waals surface area contributed by atoms with E-state index in [1.807, 2.05) is 0 Å². The van der Waals surface area contributed by atoms with E-state index in [2.05, 4.69) is 5.32 Å². The molecule has 0 saturated carbocycles. The van der Waals surface area contributed by atoms with E-state index in [1.54, 1.807) is 62.3 Å². The number of anilines is 1. The maximum absolute atomic E-state index is 15.0. The molecule has 6 nitrogen and oxygen atoms in total. The van der Waals surface area contributed by atoms with Crippen molar-refractivity contribution in [3.8, 4) is 0 Å². The topological polar surface area (TPSA) is 78.9 Å². The fourth-order valence-electron chi connectivity index (χ4n) is 3.75. The molecule has 3 rings (SSSR count). The minimum Gasteiger partial charge on any atom is -0.480 e. The first kappa shape index (κ1) is 32.5. The van der Waals surface area contributed by atoms with Gasteiger partial charge < -0.3 is 19.5 Å². The summed E-state index contributed by atoms with van der Waals surface area (Å²) in [7, 11) is 0. The van der Waals surface area contributed by atoms with E-state index in [9.17, 15) is 27.9 Å². The third kappa shape index (κ3) is 9.79. The Bertz CT molecular complexity index is 1370. The molecule has 0 radical (unpaired) electrons. The van der Waals surface area contributed by atoms with Crippen molar-refractivity contribution in [2.24, 2.45) is 0 Å². The molecule has 0 heterocycles. The van der Waals surface area contributed by atoms with Crippen molar-refractivity contribution in [3.63, 3.8) is 0 Å². The summed E-state index contributed by atoms with van der Waals surface area (Å²) in [6.07, 6.45) is -0.863. The Kier molecular flexibility index (Phi) is 11.3. The molecular formula is C29H30ClF3N2O4S2. The Labute approximate surface area is 250 Å². The average molecular weight is 627 g/mol. The minimum absolute atomic E-state index is 0.00659. The number of ether oxygens (including phenoxy) is 1. The molecule has 0 aliphatic carbocycles. The first-order valence-electron chi connectivity index (χ1n) is 12.5. The molecular weight excluding hydrogens is 597 g/mol. The lowest BCUT2D eigenvalue weighted by molar-refractivity contribution is -0.138. The molecule has 2 atom stereocenters. The molecule has 12 heteroatoms. The van der Waals surface area contributed by atoms with Crippen LogP contribution in [0.2, 0.25) is 5.02 Å². The molecule has 220 valence electrons. The van der Waals surface area contributed by atoms with Crippen LogP contribution in [0.1, 0.15) is 44.9 Å². The monoisotopic (exact) mass is 626 g/mol. The summed E-state index contributed by atoms with van der Waals surface area (Å²) in [5.41, 5.74) is 0.343. The first-order chi connectivity index (χ1) is 19.2. The van der Waals surface area contributed by atoms with E-state index >= 15 is 0 Å². The van der Waals surface area contributed by atoms with Gasteiger partial charge in [-0.15, -0.1) is 0 Å². The standard InChI is InChI=1S/C29H30ClF3N2O4S2/c1-17(35(26-14-21(32)8-12-24(26)33)41-22-9-5-19(30)6-10-22)23-11-7-20(31)13-18(23)15-40-16-25(27(36)37)34-28(38)39-29(2,3)4/h5-14,17,25H,15-16H2,1-4H3,(H,34,38)(H,36,37). The van der Waals surface area contributed by atoms with Crippen LogP contribution >= 0.6 is 35.3 Å². The van der Waals surface area contributed by atoms with Crippen molar-refractivity contribution < 1.29 is 32.6 Å². The molecule has 0 saturated heterocycles. The van der Waals surface area contributed by atoms with Crippen molar-refractivity contribution in [1.82, 2.24) is 5.32 Å². The number of carboxylic acid groups (broad SMARTS) is 1. The van der Waals surface area contributed by atoms with Gasteiger partial charge in [-0.3, -0.25) is 0 Å². The fraction of sp³-hybridized carbons (Fsp3) is 0.310. The van der Waals surface area contributed by atoms with Crippen LogP contribution < -0.4 is 9.62 Å². The number of thioether (sulfide) groups is 1. The average Bonchev–Trinajstić information content (AvgIpc) is 2.88. The van der Waals surface area contributed by atoms with Crippen LogP contribution in [0.15, 0.2) is 65.6 Å². The van der Waals surface area contributed by atoms with Crippen molar-refractivity contribution in [2.45, 2.75) is 56.0 Å². The third-order valence-corrected chi connectivity index (χ3v) is 8.13. The Morgan fingerprint density at radius 1 is 1.02 bits per heavy atom. The third-order valence-electron chi connectivity index (χ3n) is 5.60. The summed E-state index contributed by atoms with van der Waals surface area (Å²) in [6.45, 7) is 6.76. The first-order valence-corrected chi connectivity index (χ1v) is 14.8. The van der Waals surface area contributed by atoms with Gasteiger partial charge in [0.15, 0.2) is 0 Å². The normalized spacial score (nSPS) is 12.9. The summed E-state index contributed by atoms with van der Waals surface area (Å²) in [4.78, 5) is 24.6. The predicted molar refractivity (Wildman–Crippen MR) is 158 cm³/mol. The lowest BCUT2D eigenvalue weighted by Crippen LogP contribution is -2.44. The van der Waals surface area contributed by atoms with Crippen molar-refractivity contribution >= 4 is 53.1 Å². The lowest BCUT2D eigenvalue weighted by atomic mass is 10.0. The zero-order chi connectivity index (χ0) is 30.3. The van der Waals surface area contributed by atoms with Crippen LogP contribution in [0, 0.1) is 17.5 Å². The van der Waals surface area contributed by atoms with E-state index in [4.69, 9.17) is 16.3 Å². The number of halogens is 4. The van der Waals surface area contributed by atoms with Gasteiger partial charge in [0.2, 0.25) is 0 Å². The molecule has 0 fully saturated rings. The predicted octanol–water partition coefficient (Wildman–Crippen LogP) is 8.24. The maximum Gasteiger partial charge on any atom is 0.408 e. The number of nitrogens with one attached hydrogen (secondary N) is 1. The van der Waals surface area contributed by atoms with E-state index in [1.165, 1.54) is 23.9 Å². The van der Waals surface area contributed by atoms with E-state index in [0.29, 0.717) is 21.0 Å². The largest absolute Gasteiger partial charge is 0.480 e. The number of aliphatic carboxylic acids is 1. The summed E-state index contributed by atoms with van der Waals surface area (Å²) in [6, 6.07) is 12.3. The summed E-state index contributed by atoms with van der Waals surface area (Å²) in [5, 5.41) is 12.4. The summed E-state index contributed by atoms with van der Waals surface area (Å²) < 4.78 is 50.3. The second kappa shape index (κ2) is 14.2. The molecule has 3 aromatic carbocycles. The zero-order valence-electron chi connectivity index (χ0n) is 22.8. The number of amides is 1. The lowest BCUT2D eigenvalue weighted by Gasteiger charge is -2.32. The molecule has 41 heavy (non-hydrogen) atoms. The molecule has 3 aromatic rings. The van der Waals surface area contributed by atoms with Gasteiger partial charge in [0.1, 0.15) is 29.1 Å². The molecule has 0 aliphatic heterocycles. The number of benzene rings is 3. The van der Waals surface area contributed by atoms with E-state index in [-0.39, 0.29) is 17.2 Å². The number of nitrogens with zero attached hydrogens (tertiary/aromatic N) is 1. The Hall–Kier alpha value is -3.02. The second-order valence-corrected chi connectivity index (χ2v) is 12.6. The van der Waals surface area contributed by atoms with Crippen LogP contribution in [0.3, 0.4) is 0 Å². The number of hydrogen-bond acceptors (Lipinski definition) is 6. The molecule has 0 spiro atoms. The number of carboxylic acids is 1. The van der Waals surface area contributed by atoms with E-state index < -0.39 is 47.2 Å². The van der Waals surface area contributed by atoms with Gasteiger partial charge in [-0.1, -0.05) is 17.7 Å². The highest BCUT2D eigenvalue weighted by Gasteiger charge is 2.26. The van der Waals surface area contributed by atoms with Crippen LogP contribution in [0.5, 0.6) is 0 Å². The van der Waals surface area contributed by atoms with Crippen LogP contribution in [0.4, 0.5) is 23.7 Å². The van der Waals surface area contributed by atoms with Crippen molar-refractivity contribution in [1.29, 1.82) is 0 Å². The quantitative estimate of drug-likeness (QED) is 0.208. The number of rotatable bonds is 11. The molecule has 1 amide bonds. The molecule has 0 bridgehead atoms. The zero-order valence-corrected chi connectivity index (χ0v) is 25.2. The van der Waals surface area contributed by atoms with Gasteiger partial charge >= 0.3 is 12.1 Å². The highest BCUT2D eigenvalue weighted by molar-refractivity contribution is 8.00. The van der Waals surface area contributed by atoms with Gasteiger partial charge in [-0.05, 0) is 99.3 Å².